The molecule has 138 valence electrons. The van der Waals surface area contributed by atoms with Gasteiger partial charge in [-0.3, -0.25) is 4.79 Å². The average molecular weight is 358 g/mol. The Kier molecular flexibility index (Phi) is 4.76. The number of aromatic nitrogens is 1. The molecule has 1 aromatic carbocycles. The second-order valence-electron chi connectivity index (χ2n) is 7.03. The van der Waals surface area contributed by atoms with Gasteiger partial charge >= 0.3 is 0 Å². The number of rotatable bonds is 3. The van der Waals surface area contributed by atoms with Crippen LogP contribution in [-0.2, 0) is 16.0 Å². The molecule has 1 aliphatic heterocycles. The van der Waals surface area contributed by atoms with E-state index in [9.17, 15) is 9.18 Å². The van der Waals surface area contributed by atoms with E-state index >= 15 is 0 Å². The molecule has 6 heteroatoms. The number of aryl methyl sites for hydroxylation is 1. The van der Waals surface area contributed by atoms with E-state index in [0.29, 0.717) is 30.2 Å². The molecule has 0 radical (unpaired) electrons. The van der Waals surface area contributed by atoms with Crippen molar-refractivity contribution in [2.24, 2.45) is 0 Å². The number of halogens is 1. The van der Waals surface area contributed by atoms with Crippen molar-refractivity contribution in [2.45, 2.75) is 51.2 Å². The normalized spacial score (nSPS) is 22.9. The first-order valence-electron chi connectivity index (χ1n) is 9.26. The lowest BCUT2D eigenvalue weighted by Gasteiger charge is -2.43. The number of oxazole rings is 1. The number of carbonyl (C=O) groups excluding carboxylic acids is 1. The van der Waals surface area contributed by atoms with E-state index in [1.54, 1.807) is 25.1 Å². The maximum atomic E-state index is 14.0. The summed E-state index contributed by atoms with van der Waals surface area (Å²) in [7, 11) is 0. The highest BCUT2D eigenvalue weighted by Crippen LogP contribution is 2.29. The third kappa shape index (κ3) is 3.26. The third-order valence-electron chi connectivity index (χ3n) is 5.37. The van der Waals surface area contributed by atoms with E-state index in [1.807, 2.05) is 4.90 Å². The van der Waals surface area contributed by atoms with Crippen molar-refractivity contribution in [3.8, 4) is 11.5 Å². The molecule has 1 saturated carbocycles. The molecule has 1 saturated heterocycles. The van der Waals surface area contributed by atoms with Gasteiger partial charge in [-0.1, -0.05) is 25.0 Å². The fraction of sp³-hybridized carbons (Fsp3) is 0.500. The summed E-state index contributed by atoms with van der Waals surface area (Å²) in [6, 6.07) is 6.53. The Balaban J connectivity index is 1.52. The summed E-state index contributed by atoms with van der Waals surface area (Å²) < 4.78 is 25.4. The Labute approximate surface area is 152 Å². The van der Waals surface area contributed by atoms with E-state index < -0.39 is 0 Å². The lowest BCUT2D eigenvalue weighted by molar-refractivity contribution is -0.148. The van der Waals surface area contributed by atoms with Gasteiger partial charge in [-0.15, -0.1) is 0 Å². The van der Waals surface area contributed by atoms with Gasteiger partial charge < -0.3 is 14.1 Å². The van der Waals surface area contributed by atoms with Gasteiger partial charge in [0.1, 0.15) is 11.6 Å². The number of hydrogen-bond acceptors (Lipinski definition) is 4. The maximum Gasteiger partial charge on any atom is 0.229 e. The zero-order chi connectivity index (χ0) is 18.1. The smallest absolute Gasteiger partial charge is 0.229 e. The summed E-state index contributed by atoms with van der Waals surface area (Å²) in [4.78, 5) is 19.2. The molecule has 5 nitrogen and oxygen atoms in total. The van der Waals surface area contributed by atoms with Crippen LogP contribution < -0.4 is 0 Å². The number of hydrogen-bond donors (Lipinski definition) is 0. The Morgan fingerprint density at radius 3 is 2.96 bits per heavy atom. The largest absolute Gasteiger partial charge is 0.441 e. The number of amides is 1. The zero-order valence-corrected chi connectivity index (χ0v) is 14.9. The molecule has 2 aromatic rings. The third-order valence-corrected chi connectivity index (χ3v) is 5.37. The number of ether oxygens (including phenoxy) is 1. The lowest BCUT2D eigenvalue weighted by atomic mass is 9.90. The molecule has 0 bridgehead atoms. The molecule has 1 aliphatic carbocycles. The zero-order valence-electron chi connectivity index (χ0n) is 14.9. The van der Waals surface area contributed by atoms with Gasteiger partial charge in [-0.05, 0) is 31.9 Å². The molecule has 4 rings (SSSR count). The minimum absolute atomic E-state index is 0.0432. The number of carbonyl (C=O) groups is 1. The molecular weight excluding hydrogens is 335 g/mol. The van der Waals surface area contributed by atoms with Gasteiger partial charge in [0.2, 0.25) is 11.8 Å². The van der Waals surface area contributed by atoms with Crippen molar-refractivity contribution in [1.29, 1.82) is 0 Å². The van der Waals surface area contributed by atoms with Crippen LogP contribution in [0.25, 0.3) is 11.5 Å². The van der Waals surface area contributed by atoms with Gasteiger partial charge in [0.15, 0.2) is 0 Å². The van der Waals surface area contributed by atoms with Gasteiger partial charge in [0.25, 0.3) is 0 Å². The number of fused-ring (bicyclic) bond motifs is 1. The van der Waals surface area contributed by atoms with E-state index in [0.717, 1.165) is 25.7 Å². The van der Waals surface area contributed by atoms with Gasteiger partial charge in [-0.25, -0.2) is 9.37 Å². The van der Waals surface area contributed by atoms with Crippen molar-refractivity contribution < 1.29 is 18.3 Å². The fourth-order valence-corrected chi connectivity index (χ4v) is 3.99. The van der Waals surface area contributed by atoms with Crippen molar-refractivity contribution in [1.82, 2.24) is 9.88 Å². The SMILES string of the molecule is Cc1oc(-c2ccccc2F)nc1CC(=O)N1CCOC2CCCCC21. The van der Waals surface area contributed by atoms with Crippen LogP contribution in [0.15, 0.2) is 28.7 Å². The summed E-state index contributed by atoms with van der Waals surface area (Å²) in [5, 5.41) is 0. The second kappa shape index (κ2) is 7.19. The molecule has 1 amide bonds. The molecule has 2 atom stereocenters. The molecule has 2 aliphatic rings. The molecule has 1 aromatic heterocycles. The maximum absolute atomic E-state index is 14.0. The lowest BCUT2D eigenvalue weighted by Crippen LogP contribution is -2.55. The van der Waals surface area contributed by atoms with Gasteiger partial charge in [0.05, 0.1) is 36.4 Å². The van der Waals surface area contributed by atoms with Crippen LogP contribution in [0, 0.1) is 12.7 Å². The Morgan fingerprint density at radius 1 is 1.31 bits per heavy atom. The van der Waals surface area contributed by atoms with Crippen LogP contribution in [0.3, 0.4) is 0 Å². The number of benzene rings is 1. The second-order valence-corrected chi connectivity index (χ2v) is 7.03. The molecule has 2 fully saturated rings. The van der Waals surface area contributed by atoms with Crippen LogP contribution in [0.5, 0.6) is 0 Å². The Hall–Kier alpha value is -2.21. The van der Waals surface area contributed by atoms with E-state index in [-0.39, 0.29) is 36.2 Å². The quantitative estimate of drug-likeness (QED) is 0.843. The Bertz CT molecular complexity index is 802. The predicted molar refractivity (Wildman–Crippen MR) is 94.0 cm³/mol. The van der Waals surface area contributed by atoms with Crippen molar-refractivity contribution in [3.63, 3.8) is 0 Å². The first-order chi connectivity index (χ1) is 12.6. The predicted octanol–water partition coefficient (Wildman–Crippen LogP) is 3.50. The average Bonchev–Trinajstić information content (AvgIpc) is 3.01. The molecule has 2 heterocycles. The first kappa shape index (κ1) is 17.2. The highest BCUT2D eigenvalue weighted by Gasteiger charge is 2.36. The molecule has 2 unspecified atom stereocenters. The number of morpholine rings is 1. The first-order valence-corrected chi connectivity index (χ1v) is 9.26. The molecule has 0 spiro atoms. The van der Waals surface area contributed by atoms with Crippen LogP contribution in [0.1, 0.15) is 37.1 Å². The summed E-state index contributed by atoms with van der Waals surface area (Å²) in [5.41, 5.74) is 0.889. The summed E-state index contributed by atoms with van der Waals surface area (Å²) in [6.07, 6.45) is 4.65. The number of nitrogens with zero attached hydrogens (tertiary/aromatic N) is 2. The van der Waals surface area contributed by atoms with E-state index in [1.165, 1.54) is 6.07 Å². The van der Waals surface area contributed by atoms with Crippen LogP contribution in [0.2, 0.25) is 0 Å². The van der Waals surface area contributed by atoms with Crippen molar-refractivity contribution in [2.75, 3.05) is 13.2 Å². The highest BCUT2D eigenvalue weighted by atomic mass is 19.1. The minimum atomic E-state index is -0.384. The Morgan fingerprint density at radius 2 is 2.12 bits per heavy atom. The van der Waals surface area contributed by atoms with E-state index in [4.69, 9.17) is 9.15 Å². The molecule has 0 N–H and O–H groups in total. The standard InChI is InChI=1S/C20H23FN2O3/c1-13-16(22-20(26-13)14-6-2-3-7-15(14)21)12-19(24)23-10-11-25-18-9-5-4-8-17(18)23/h2-3,6-7,17-18H,4-5,8-12H2,1H3. The summed E-state index contributed by atoms with van der Waals surface area (Å²) >= 11 is 0. The highest BCUT2D eigenvalue weighted by molar-refractivity contribution is 5.79. The van der Waals surface area contributed by atoms with Crippen LogP contribution in [0.4, 0.5) is 4.39 Å². The molecule has 26 heavy (non-hydrogen) atoms. The summed E-state index contributed by atoms with van der Waals surface area (Å²) in [5.74, 6) is 0.442. The fourth-order valence-electron chi connectivity index (χ4n) is 3.99. The van der Waals surface area contributed by atoms with Crippen LogP contribution >= 0.6 is 0 Å². The van der Waals surface area contributed by atoms with Gasteiger partial charge in [0, 0.05) is 6.54 Å². The monoisotopic (exact) mass is 358 g/mol. The van der Waals surface area contributed by atoms with Crippen molar-refractivity contribution in [3.05, 3.63) is 41.5 Å². The summed E-state index contributed by atoms with van der Waals surface area (Å²) in [6.45, 7) is 2.98. The van der Waals surface area contributed by atoms with Gasteiger partial charge in [-0.2, -0.15) is 0 Å². The van der Waals surface area contributed by atoms with Crippen molar-refractivity contribution >= 4 is 5.91 Å². The topological polar surface area (TPSA) is 55.6 Å². The minimum Gasteiger partial charge on any atom is -0.441 e. The molecular formula is C20H23FN2O3. The van der Waals surface area contributed by atoms with E-state index in [2.05, 4.69) is 4.98 Å². The van der Waals surface area contributed by atoms with Crippen LogP contribution in [-0.4, -0.2) is 41.1 Å².